The summed E-state index contributed by atoms with van der Waals surface area (Å²) in [6, 6.07) is 0. The maximum atomic E-state index is 4.77. The minimum Gasteiger partial charge on any atom is -0.294 e. The van der Waals surface area contributed by atoms with E-state index in [1.807, 2.05) is 0 Å². The fourth-order valence-electron chi connectivity index (χ4n) is 2.24. The van der Waals surface area contributed by atoms with Gasteiger partial charge in [0.25, 0.3) is 0 Å². The van der Waals surface area contributed by atoms with Crippen molar-refractivity contribution in [2.75, 3.05) is 0 Å². The Morgan fingerprint density at radius 3 is 2.65 bits per heavy atom. The van der Waals surface area contributed by atoms with Crippen LogP contribution in [0.3, 0.4) is 0 Å². The Kier molecular flexibility index (Phi) is 2.98. The molecule has 0 N–H and O–H groups in total. The molecule has 3 heterocycles. The SMILES string of the molecule is CC(C)C1(C)C=CC2=C(N=C1)SC1=NC(C)(C)C=CN12. The fraction of sp³-hybridized carbons (Fsp3) is 0.500. The van der Waals surface area contributed by atoms with Crippen LogP contribution in [0.4, 0.5) is 0 Å². The summed E-state index contributed by atoms with van der Waals surface area (Å²) in [6.45, 7) is 10.9. The minimum absolute atomic E-state index is 0.0149. The number of aliphatic imine (C=N–C) groups is 2. The number of hydrogen-bond acceptors (Lipinski definition) is 4. The molecular formula is C16H21N3S. The van der Waals surface area contributed by atoms with Crippen LogP contribution >= 0.6 is 11.8 Å². The van der Waals surface area contributed by atoms with Crippen molar-refractivity contribution in [1.82, 2.24) is 4.90 Å². The Bertz CT molecular complexity index is 593. The number of hydrogen-bond donors (Lipinski definition) is 0. The first kappa shape index (κ1) is 13.7. The molecule has 0 aromatic heterocycles. The first-order valence-electron chi connectivity index (χ1n) is 7.06. The lowest BCUT2D eigenvalue weighted by Gasteiger charge is -2.27. The lowest BCUT2D eigenvalue weighted by Crippen LogP contribution is -2.28. The van der Waals surface area contributed by atoms with Crippen LogP contribution in [-0.2, 0) is 0 Å². The molecule has 4 heteroatoms. The molecular weight excluding hydrogens is 266 g/mol. The Morgan fingerprint density at radius 2 is 1.95 bits per heavy atom. The van der Waals surface area contributed by atoms with E-state index in [4.69, 9.17) is 9.98 Å². The van der Waals surface area contributed by atoms with Crippen LogP contribution in [-0.4, -0.2) is 21.8 Å². The smallest absolute Gasteiger partial charge is 0.175 e. The molecule has 0 saturated carbocycles. The number of rotatable bonds is 1. The van der Waals surface area contributed by atoms with Gasteiger partial charge in [0, 0.05) is 17.8 Å². The van der Waals surface area contributed by atoms with Gasteiger partial charge in [0.1, 0.15) is 5.03 Å². The van der Waals surface area contributed by atoms with Gasteiger partial charge in [-0.2, -0.15) is 0 Å². The summed E-state index contributed by atoms with van der Waals surface area (Å²) in [7, 11) is 0. The molecule has 1 atom stereocenters. The molecule has 3 nitrogen and oxygen atoms in total. The lowest BCUT2D eigenvalue weighted by molar-refractivity contribution is 0.423. The van der Waals surface area contributed by atoms with Crippen LogP contribution < -0.4 is 0 Å². The largest absolute Gasteiger partial charge is 0.294 e. The summed E-state index contributed by atoms with van der Waals surface area (Å²) < 4.78 is 0. The van der Waals surface area contributed by atoms with Crippen molar-refractivity contribution in [3.05, 3.63) is 35.2 Å². The Morgan fingerprint density at radius 1 is 1.20 bits per heavy atom. The van der Waals surface area contributed by atoms with Crippen molar-refractivity contribution in [2.45, 2.75) is 40.2 Å². The summed E-state index contributed by atoms with van der Waals surface area (Å²) in [5.74, 6) is 0.525. The second-order valence-electron chi connectivity index (χ2n) is 6.64. The third kappa shape index (κ3) is 2.16. The Labute approximate surface area is 125 Å². The molecule has 106 valence electrons. The van der Waals surface area contributed by atoms with Gasteiger partial charge < -0.3 is 0 Å². The zero-order chi connectivity index (χ0) is 14.5. The molecule has 0 fully saturated rings. The number of fused-ring (bicyclic) bond motifs is 2. The summed E-state index contributed by atoms with van der Waals surface area (Å²) in [6.07, 6.45) is 10.8. The molecule has 3 aliphatic rings. The Hall–Kier alpha value is -1.29. The molecule has 0 aromatic rings. The van der Waals surface area contributed by atoms with E-state index in [0.717, 1.165) is 15.9 Å². The summed E-state index contributed by atoms with van der Waals surface area (Å²) in [5.41, 5.74) is 1.03. The van der Waals surface area contributed by atoms with Crippen molar-refractivity contribution >= 4 is 23.1 Å². The number of nitrogens with zero attached hydrogens (tertiary/aromatic N) is 3. The summed E-state index contributed by atoms with van der Waals surface area (Å²) >= 11 is 1.66. The molecule has 0 bridgehead atoms. The van der Waals surface area contributed by atoms with Crippen LogP contribution in [0.15, 0.2) is 45.1 Å². The summed E-state index contributed by atoms with van der Waals surface area (Å²) in [4.78, 5) is 11.6. The van der Waals surface area contributed by atoms with Gasteiger partial charge in [-0.05, 0) is 43.7 Å². The molecule has 3 rings (SSSR count). The van der Waals surface area contributed by atoms with Crippen LogP contribution in [0.1, 0.15) is 34.6 Å². The van der Waals surface area contributed by atoms with Crippen LogP contribution in [0, 0.1) is 11.3 Å². The van der Waals surface area contributed by atoms with Crippen molar-refractivity contribution in [3.8, 4) is 0 Å². The minimum atomic E-state index is -0.122. The second kappa shape index (κ2) is 4.35. The molecule has 0 aromatic carbocycles. The van der Waals surface area contributed by atoms with Gasteiger partial charge in [-0.1, -0.05) is 26.8 Å². The van der Waals surface area contributed by atoms with Crippen molar-refractivity contribution in [3.63, 3.8) is 0 Å². The van der Waals surface area contributed by atoms with E-state index in [-0.39, 0.29) is 11.0 Å². The van der Waals surface area contributed by atoms with Crippen LogP contribution in [0.5, 0.6) is 0 Å². The maximum Gasteiger partial charge on any atom is 0.175 e. The van der Waals surface area contributed by atoms with Gasteiger partial charge in [0.05, 0.1) is 11.2 Å². The van der Waals surface area contributed by atoms with Crippen LogP contribution in [0.25, 0.3) is 0 Å². The van der Waals surface area contributed by atoms with E-state index in [1.54, 1.807) is 11.8 Å². The first-order chi connectivity index (χ1) is 9.31. The van der Waals surface area contributed by atoms with E-state index in [2.05, 4.69) is 70.2 Å². The quantitative estimate of drug-likeness (QED) is 0.724. The lowest BCUT2D eigenvalue weighted by atomic mass is 9.80. The molecule has 0 amide bonds. The molecule has 1 unspecified atom stereocenters. The highest BCUT2D eigenvalue weighted by Gasteiger charge is 2.34. The number of amidine groups is 1. The van der Waals surface area contributed by atoms with E-state index in [9.17, 15) is 0 Å². The van der Waals surface area contributed by atoms with Crippen molar-refractivity contribution in [2.24, 2.45) is 21.3 Å². The normalized spacial score (nSPS) is 30.5. The maximum absolute atomic E-state index is 4.77. The van der Waals surface area contributed by atoms with E-state index in [0.29, 0.717) is 5.92 Å². The van der Waals surface area contributed by atoms with E-state index >= 15 is 0 Å². The van der Waals surface area contributed by atoms with Gasteiger partial charge in [-0.3, -0.25) is 14.9 Å². The molecule has 20 heavy (non-hydrogen) atoms. The van der Waals surface area contributed by atoms with Gasteiger partial charge >= 0.3 is 0 Å². The predicted molar refractivity (Wildman–Crippen MR) is 87.7 cm³/mol. The molecule has 3 aliphatic heterocycles. The van der Waals surface area contributed by atoms with Gasteiger partial charge in [-0.15, -0.1) is 0 Å². The average molecular weight is 287 g/mol. The second-order valence-corrected chi connectivity index (χ2v) is 7.59. The van der Waals surface area contributed by atoms with Gasteiger partial charge in [0.15, 0.2) is 5.17 Å². The highest BCUT2D eigenvalue weighted by atomic mass is 32.2. The van der Waals surface area contributed by atoms with Crippen LogP contribution in [0.2, 0.25) is 0 Å². The topological polar surface area (TPSA) is 28.0 Å². The van der Waals surface area contributed by atoms with Gasteiger partial charge in [0.2, 0.25) is 0 Å². The highest BCUT2D eigenvalue weighted by Crippen LogP contribution is 2.42. The van der Waals surface area contributed by atoms with Gasteiger partial charge in [-0.25, -0.2) is 0 Å². The highest BCUT2D eigenvalue weighted by molar-refractivity contribution is 8.17. The fourth-order valence-corrected chi connectivity index (χ4v) is 3.33. The van der Waals surface area contributed by atoms with E-state index < -0.39 is 0 Å². The number of thioether (sulfide) groups is 1. The molecule has 0 aliphatic carbocycles. The zero-order valence-corrected chi connectivity index (χ0v) is 13.5. The van der Waals surface area contributed by atoms with Crippen molar-refractivity contribution in [1.29, 1.82) is 0 Å². The molecule has 0 saturated heterocycles. The van der Waals surface area contributed by atoms with Crippen molar-refractivity contribution < 1.29 is 0 Å². The zero-order valence-electron chi connectivity index (χ0n) is 12.7. The number of allylic oxidation sites excluding steroid dienone is 2. The predicted octanol–water partition coefficient (Wildman–Crippen LogP) is 4.17. The first-order valence-corrected chi connectivity index (χ1v) is 7.87. The Balaban J connectivity index is 1.96. The summed E-state index contributed by atoms with van der Waals surface area (Å²) in [5, 5.41) is 2.07. The standard InChI is InChI=1S/C16H21N3S/c1-11(2)16(5)7-6-12-13(17-10-16)20-14-18-15(3,4)8-9-19(12)14/h6-11H,1-5H3. The molecule has 0 spiro atoms. The third-order valence-corrected chi connectivity index (χ3v) is 5.17. The monoisotopic (exact) mass is 287 g/mol. The third-order valence-electron chi connectivity index (χ3n) is 4.19. The average Bonchev–Trinajstić information content (AvgIpc) is 2.59. The van der Waals surface area contributed by atoms with E-state index in [1.165, 1.54) is 0 Å². The molecule has 0 radical (unpaired) electrons.